The van der Waals surface area contributed by atoms with Crippen LogP contribution in [0, 0.1) is 5.41 Å². The minimum absolute atomic E-state index is 0.0323. The van der Waals surface area contributed by atoms with Crippen molar-refractivity contribution < 1.29 is 24.2 Å². The molecule has 194 valence electrons. The Morgan fingerprint density at radius 3 is 2.51 bits per heavy atom. The van der Waals surface area contributed by atoms with Crippen molar-refractivity contribution in [3.05, 3.63) is 64.1 Å². The number of amides is 3. The molecule has 2 unspecified atom stereocenters. The predicted octanol–water partition coefficient (Wildman–Crippen LogP) is 1.91. The standard InChI is InChI=1S/C27H29BrN4O5/c28-17-5-7-18(8-6-17)31-15-27(16-31)13-30(14-27)11-19(33)12-37-26-21-4-2-1-3-20(21)25(36)32(26)22-9-10-23(34)29-24(22)35/h1-8,19,22,26,33H,9-16H2,(H,29,34,35)/t19-,22?,26?/m1/s1. The third-order valence-corrected chi connectivity index (χ3v) is 8.30. The molecule has 0 saturated carbocycles. The number of nitrogens with zero attached hydrogens (tertiary/aromatic N) is 3. The molecule has 4 heterocycles. The van der Waals surface area contributed by atoms with Crippen LogP contribution in [-0.2, 0) is 14.3 Å². The second-order valence-electron chi connectivity index (χ2n) is 10.6. The highest BCUT2D eigenvalue weighted by Gasteiger charge is 2.52. The lowest BCUT2D eigenvalue weighted by atomic mass is 9.72. The van der Waals surface area contributed by atoms with Crippen molar-refractivity contribution >= 4 is 39.3 Å². The van der Waals surface area contributed by atoms with Crippen molar-refractivity contribution in [2.45, 2.75) is 31.2 Å². The number of piperidine rings is 1. The first-order valence-electron chi connectivity index (χ1n) is 12.6. The van der Waals surface area contributed by atoms with E-state index in [1.165, 1.54) is 10.6 Å². The molecule has 3 fully saturated rings. The van der Waals surface area contributed by atoms with Gasteiger partial charge < -0.3 is 14.7 Å². The maximum Gasteiger partial charge on any atom is 0.257 e. The zero-order chi connectivity index (χ0) is 25.7. The minimum atomic E-state index is -0.790. The van der Waals surface area contributed by atoms with E-state index >= 15 is 0 Å². The lowest BCUT2D eigenvalue weighted by Gasteiger charge is -2.61. The molecule has 2 aromatic carbocycles. The van der Waals surface area contributed by atoms with Crippen LogP contribution in [-0.4, -0.2) is 84.1 Å². The van der Waals surface area contributed by atoms with E-state index in [1.807, 2.05) is 12.1 Å². The third-order valence-electron chi connectivity index (χ3n) is 7.77. The largest absolute Gasteiger partial charge is 0.389 e. The van der Waals surface area contributed by atoms with E-state index in [4.69, 9.17) is 4.74 Å². The molecule has 3 atom stereocenters. The van der Waals surface area contributed by atoms with E-state index in [9.17, 15) is 19.5 Å². The Kier molecular flexibility index (Phi) is 6.30. The third kappa shape index (κ3) is 4.56. The van der Waals surface area contributed by atoms with E-state index < -0.39 is 24.3 Å². The molecule has 4 aliphatic rings. The van der Waals surface area contributed by atoms with Gasteiger partial charge in [-0.2, -0.15) is 0 Å². The minimum Gasteiger partial charge on any atom is -0.389 e. The van der Waals surface area contributed by atoms with Gasteiger partial charge in [-0.1, -0.05) is 34.1 Å². The number of carbonyl (C=O) groups is 3. The van der Waals surface area contributed by atoms with Crippen LogP contribution < -0.4 is 10.2 Å². The average Bonchev–Trinajstić information content (AvgIpc) is 3.11. The van der Waals surface area contributed by atoms with E-state index in [0.29, 0.717) is 17.7 Å². The summed E-state index contributed by atoms with van der Waals surface area (Å²) in [5, 5.41) is 13.1. The normalized spacial score (nSPS) is 25.5. The Hall–Kier alpha value is -2.79. The average molecular weight is 569 g/mol. The summed E-state index contributed by atoms with van der Waals surface area (Å²) >= 11 is 3.48. The lowest BCUT2D eigenvalue weighted by Crippen LogP contribution is -2.72. The molecule has 3 saturated heterocycles. The van der Waals surface area contributed by atoms with E-state index in [2.05, 4.69) is 55.3 Å². The van der Waals surface area contributed by atoms with Crippen LogP contribution in [0.15, 0.2) is 53.0 Å². The molecule has 0 radical (unpaired) electrons. The fourth-order valence-corrected chi connectivity index (χ4v) is 6.37. The maximum absolute atomic E-state index is 13.2. The molecule has 1 spiro atoms. The summed E-state index contributed by atoms with van der Waals surface area (Å²) in [5.41, 5.74) is 2.67. The number of hydrogen-bond donors (Lipinski definition) is 2. The summed E-state index contributed by atoms with van der Waals surface area (Å²) in [6.45, 7) is 4.42. The van der Waals surface area contributed by atoms with Crippen LogP contribution in [0.3, 0.4) is 0 Å². The smallest absolute Gasteiger partial charge is 0.257 e. The van der Waals surface area contributed by atoms with Gasteiger partial charge in [0.2, 0.25) is 11.8 Å². The molecular formula is C27H29BrN4O5. The van der Waals surface area contributed by atoms with Crippen molar-refractivity contribution in [3.8, 4) is 0 Å². The van der Waals surface area contributed by atoms with Gasteiger partial charge in [-0.3, -0.25) is 29.5 Å². The van der Waals surface area contributed by atoms with E-state index in [-0.39, 0.29) is 36.7 Å². The van der Waals surface area contributed by atoms with Crippen LogP contribution >= 0.6 is 15.9 Å². The molecule has 10 heteroatoms. The van der Waals surface area contributed by atoms with Crippen LogP contribution in [0.4, 0.5) is 5.69 Å². The van der Waals surface area contributed by atoms with E-state index in [1.54, 1.807) is 12.1 Å². The number of halogens is 1. The molecule has 3 amide bonds. The number of nitrogens with one attached hydrogen (secondary N) is 1. The van der Waals surface area contributed by atoms with Gasteiger partial charge in [0.15, 0.2) is 6.23 Å². The molecule has 0 aliphatic carbocycles. The van der Waals surface area contributed by atoms with Gasteiger partial charge in [-0.25, -0.2) is 0 Å². The van der Waals surface area contributed by atoms with Gasteiger partial charge in [0, 0.05) is 65.8 Å². The molecule has 0 bridgehead atoms. The summed E-state index contributed by atoms with van der Waals surface area (Å²) in [6, 6.07) is 14.7. The number of benzene rings is 2. The molecule has 4 aliphatic heterocycles. The van der Waals surface area contributed by atoms with Crippen molar-refractivity contribution in [1.29, 1.82) is 0 Å². The van der Waals surface area contributed by atoms with Crippen molar-refractivity contribution in [3.63, 3.8) is 0 Å². The fourth-order valence-electron chi connectivity index (χ4n) is 6.11. The van der Waals surface area contributed by atoms with Crippen molar-refractivity contribution in [2.24, 2.45) is 5.41 Å². The Bertz CT molecular complexity index is 1220. The summed E-state index contributed by atoms with van der Waals surface area (Å²) in [5.74, 6) is -1.12. The monoisotopic (exact) mass is 568 g/mol. The summed E-state index contributed by atoms with van der Waals surface area (Å²) in [4.78, 5) is 43.4. The number of likely N-dealkylation sites (tertiary alicyclic amines) is 1. The van der Waals surface area contributed by atoms with Gasteiger partial charge in [0.1, 0.15) is 6.04 Å². The van der Waals surface area contributed by atoms with Gasteiger partial charge in [-0.15, -0.1) is 0 Å². The molecule has 6 rings (SSSR count). The molecule has 2 N–H and O–H groups in total. The topological polar surface area (TPSA) is 102 Å². The molecule has 0 aromatic heterocycles. The summed E-state index contributed by atoms with van der Waals surface area (Å²) in [7, 11) is 0. The Balaban J connectivity index is 1.04. The number of ether oxygens (including phenoxy) is 1. The molecule has 2 aromatic rings. The second kappa shape index (κ2) is 9.50. The first-order valence-corrected chi connectivity index (χ1v) is 13.4. The highest BCUT2D eigenvalue weighted by Crippen LogP contribution is 2.42. The van der Waals surface area contributed by atoms with Crippen molar-refractivity contribution in [1.82, 2.24) is 15.1 Å². The number of fused-ring (bicyclic) bond motifs is 1. The second-order valence-corrected chi connectivity index (χ2v) is 11.5. The van der Waals surface area contributed by atoms with Crippen molar-refractivity contribution in [2.75, 3.05) is 44.2 Å². The summed E-state index contributed by atoms with van der Waals surface area (Å²) in [6.07, 6.45) is -1.09. The van der Waals surface area contributed by atoms with Gasteiger partial charge in [0.05, 0.1) is 12.7 Å². The Labute approximate surface area is 223 Å². The molecular weight excluding hydrogens is 540 g/mol. The Morgan fingerprint density at radius 2 is 1.78 bits per heavy atom. The SMILES string of the molecule is O=C1CCC(N2C(=O)c3ccccc3C2OC[C@H](O)CN2CC3(C2)CN(c2ccc(Br)cc2)C3)C(=O)N1. The van der Waals surface area contributed by atoms with Crippen LogP contribution in [0.2, 0.25) is 0 Å². The first kappa shape index (κ1) is 24.5. The Morgan fingerprint density at radius 1 is 1.05 bits per heavy atom. The van der Waals surface area contributed by atoms with Gasteiger partial charge in [-0.05, 0) is 36.8 Å². The number of aliphatic hydroxyl groups excluding tert-OH is 1. The van der Waals surface area contributed by atoms with Crippen LogP contribution in [0.1, 0.15) is 35.0 Å². The quantitative estimate of drug-likeness (QED) is 0.492. The van der Waals surface area contributed by atoms with Crippen LogP contribution in [0.25, 0.3) is 0 Å². The molecule has 9 nitrogen and oxygen atoms in total. The number of hydrogen-bond acceptors (Lipinski definition) is 7. The van der Waals surface area contributed by atoms with Gasteiger partial charge >= 0.3 is 0 Å². The maximum atomic E-state index is 13.2. The number of aliphatic hydroxyl groups is 1. The van der Waals surface area contributed by atoms with E-state index in [0.717, 1.165) is 30.7 Å². The predicted molar refractivity (Wildman–Crippen MR) is 139 cm³/mol. The molecule has 37 heavy (non-hydrogen) atoms. The number of β-amino-alcohol motifs (C(OH)–C–C–N with tert-alkyl or cyclic N) is 1. The van der Waals surface area contributed by atoms with Gasteiger partial charge in [0.25, 0.3) is 5.91 Å². The highest BCUT2D eigenvalue weighted by atomic mass is 79.9. The zero-order valence-corrected chi connectivity index (χ0v) is 21.9. The zero-order valence-electron chi connectivity index (χ0n) is 20.3. The van der Waals surface area contributed by atoms with Crippen LogP contribution in [0.5, 0.6) is 0 Å². The summed E-state index contributed by atoms with van der Waals surface area (Å²) < 4.78 is 7.17. The number of imide groups is 1. The number of carbonyl (C=O) groups excluding carboxylic acids is 3. The first-order chi connectivity index (χ1) is 17.8. The highest BCUT2D eigenvalue weighted by molar-refractivity contribution is 9.10. The number of anilines is 1. The number of rotatable bonds is 7. The lowest BCUT2D eigenvalue weighted by molar-refractivity contribution is -0.143. The fraction of sp³-hybridized carbons (Fsp3) is 0.444.